The Morgan fingerprint density at radius 3 is 2.20 bits per heavy atom. The van der Waals surface area contributed by atoms with E-state index in [2.05, 4.69) is 5.32 Å². The summed E-state index contributed by atoms with van der Waals surface area (Å²) in [4.78, 5) is 29.2. The van der Waals surface area contributed by atoms with Gasteiger partial charge in [0, 0.05) is 12.6 Å². The van der Waals surface area contributed by atoms with Crippen LogP contribution >= 0.6 is 0 Å². The lowest BCUT2D eigenvalue weighted by molar-refractivity contribution is -0.140. The number of carbonyl (C=O) groups excluding carboxylic acids is 2. The van der Waals surface area contributed by atoms with E-state index in [1.807, 2.05) is 65.0 Å². The number of anilines is 1. The van der Waals surface area contributed by atoms with Crippen molar-refractivity contribution in [3.05, 3.63) is 89.5 Å². The fourth-order valence-electron chi connectivity index (χ4n) is 4.56. The predicted molar refractivity (Wildman–Crippen MR) is 162 cm³/mol. The quantitative estimate of drug-likeness (QED) is 0.299. The maximum Gasteiger partial charge on any atom is 0.264 e. The van der Waals surface area contributed by atoms with Crippen molar-refractivity contribution in [1.82, 2.24) is 10.2 Å². The molecule has 8 nitrogen and oxygen atoms in total. The Bertz CT molecular complexity index is 1440. The van der Waals surface area contributed by atoms with Gasteiger partial charge in [-0.2, -0.15) is 0 Å². The molecule has 0 aliphatic heterocycles. The van der Waals surface area contributed by atoms with Crippen molar-refractivity contribution >= 4 is 27.5 Å². The Labute approximate surface area is 244 Å². The minimum Gasteiger partial charge on any atom is -0.495 e. The number of carbonyl (C=O) groups is 2. The summed E-state index contributed by atoms with van der Waals surface area (Å²) < 4.78 is 34.7. The molecule has 0 aromatic heterocycles. The molecular formula is C32H41N3O5S. The molecule has 0 fully saturated rings. The number of aryl methyl sites for hydroxylation is 2. The van der Waals surface area contributed by atoms with E-state index in [0.29, 0.717) is 12.2 Å². The molecule has 2 atom stereocenters. The molecule has 1 N–H and O–H groups in total. The molecule has 0 radical (unpaired) electrons. The van der Waals surface area contributed by atoms with E-state index in [9.17, 15) is 18.0 Å². The van der Waals surface area contributed by atoms with Gasteiger partial charge < -0.3 is 15.0 Å². The van der Waals surface area contributed by atoms with Crippen LogP contribution in [0.5, 0.6) is 5.75 Å². The van der Waals surface area contributed by atoms with Gasteiger partial charge in [-0.25, -0.2) is 8.42 Å². The highest BCUT2D eigenvalue weighted by atomic mass is 32.2. The molecule has 0 spiro atoms. The number of rotatable bonds is 13. The second-order valence-electron chi connectivity index (χ2n) is 10.2. The molecule has 0 aliphatic carbocycles. The summed E-state index contributed by atoms with van der Waals surface area (Å²) in [7, 11) is -2.72. The van der Waals surface area contributed by atoms with E-state index in [-0.39, 0.29) is 29.1 Å². The fourth-order valence-corrected chi connectivity index (χ4v) is 6.00. The number of hydrogen-bond donors (Lipinski definition) is 1. The van der Waals surface area contributed by atoms with Gasteiger partial charge in [-0.05, 0) is 74.6 Å². The number of nitrogens with zero attached hydrogens (tertiary/aromatic N) is 2. The van der Waals surface area contributed by atoms with Crippen LogP contribution in [0.4, 0.5) is 5.69 Å². The van der Waals surface area contributed by atoms with Crippen LogP contribution in [-0.4, -0.2) is 50.9 Å². The molecule has 0 bridgehead atoms. The van der Waals surface area contributed by atoms with Crippen LogP contribution in [-0.2, 0) is 26.2 Å². The van der Waals surface area contributed by atoms with Gasteiger partial charge in [0.2, 0.25) is 11.8 Å². The average molecular weight is 580 g/mol. The Morgan fingerprint density at radius 1 is 0.927 bits per heavy atom. The standard InChI is InChI=1S/C32H41N3O5S/c1-7-25(5)33-32(37)28(8-2)34(21-26-15-13-12-14-24(26)4)31(36)22-35(29-20-23(3)18-19-30(29)40-6)41(38,39)27-16-10-9-11-17-27/h9-20,25,28H,7-8,21-22H2,1-6H3,(H,33,37)/t25-,28-/m1/s1. The summed E-state index contributed by atoms with van der Waals surface area (Å²) in [5, 5.41) is 3.00. The molecule has 0 saturated carbocycles. The Balaban J connectivity index is 2.13. The van der Waals surface area contributed by atoms with Crippen molar-refractivity contribution in [3.8, 4) is 5.75 Å². The van der Waals surface area contributed by atoms with Crippen LogP contribution in [0.2, 0.25) is 0 Å². The van der Waals surface area contributed by atoms with Crippen LogP contribution in [0.25, 0.3) is 0 Å². The van der Waals surface area contributed by atoms with Gasteiger partial charge in [0.05, 0.1) is 17.7 Å². The molecular weight excluding hydrogens is 538 g/mol. The maximum absolute atomic E-state index is 14.3. The first kappa shape index (κ1) is 31.7. The normalized spacial score (nSPS) is 12.7. The molecule has 2 amide bonds. The van der Waals surface area contributed by atoms with Gasteiger partial charge >= 0.3 is 0 Å². The zero-order valence-corrected chi connectivity index (χ0v) is 25.6. The fraction of sp³-hybridized carbons (Fsp3) is 0.375. The number of sulfonamides is 1. The highest BCUT2D eigenvalue weighted by molar-refractivity contribution is 7.92. The zero-order chi connectivity index (χ0) is 30.2. The number of benzene rings is 3. The average Bonchev–Trinajstić information content (AvgIpc) is 2.96. The molecule has 3 aromatic carbocycles. The Hall–Kier alpha value is -3.85. The summed E-state index contributed by atoms with van der Waals surface area (Å²) >= 11 is 0. The Morgan fingerprint density at radius 2 is 1.59 bits per heavy atom. The number of hydrogen-bond acceptors (Lipinski definition) is 5. The lowest BCUT2D eigenvalue weighted by Gasteiger charge is -2.34. The van der Waals surface area contributed by atoms with Crippen LogP contribution in [0.15, 0.2) is 77.7 Å². The van der Waals surface area contributed by atoms with E-state index < -0.39 is 28.5 Å². The van der Waals surface area contributed by atoms with Gasteiger partial charge in [0.1, 0.15) is 18.3 Å². The number of methoxy groups -OCH3 is 1. The summed E-state index contributed by atoms with van der Waals surface area (Å²) in [5.74, 6) is -0.452. The monoisotopic (exact) mass is 579 g/mol. The van der Waals surface area contributed by atoms with Crippen molar-refractivity contribution in [3.63, 3.8) is 0 Å². The van der Waals surface area contributed by atoms with E-state index in [1.54, 1.807) is 30.3 Å². The first-order valence-corrected chi connectivity index (χ1v) is 15.3. The molecule has 9 heteroatoms. The second-order valence-corrected chi connectivity index (χ2v) is 12.1. The molecule has 3 rings (SSSR count). The van der Waals surface area contributed by atoms with Crippen LogP contribution < -0.4 is 14.4 Å². The lowest BCUT2D eigenvalue weighted by Crippen LogP contribution is -2.53. The van der Waals surface area contributed by atoms with Crippen LogP contribution in [0.3, 0.4) is 0 Å². The summed E-state index contributed by atoms with van der Waals surface area (Å²) in [5.41, 5.74) is 2.90. The molecule has 0 saturated heterocycles. The summed E-state index contributed by atoms with van der Waals surface area (Å²) in [6, 6.07) is 20.0. The van der Waals surface area contributed by atoms with Gasteiger partial charge in [0.15, 0.2) is 0 Å². The van der Waals surface area contributed by atoms with E-state index >= 15 is 0 Å². The molecule has 41 heavy (non-hydrogen) atoms. The zero-order valence-electron chi connectivity index (χ0n) is 24.8. The van der Waals surface area contributed by atoms with Crippen molar-refractivity contribution in [2.45, 2.75) is 71.0 Å². The maximum atomic E-state index is 14.3. The molecule has 3 aromatic rings. The van der Waals surface area contributed by atoms with Gasteiger partial charge in [-0.3, -0.25) is 13.9 Å². The molecule has 220 valence electrons. The van der Waals surface area contributed by atoms with Crippen molar-refractivity contribution in [2.75, 3.05) is 18.0 Å². The third-order valence-electron chi connectivity index (χ3n) is 7.20. The van der Waals surface area contributed by atoms with Crippen molar-refractivity contribution < 1.29 is 22.7 Å². The van der Waals surface area contributed by atoms with Gasteiger partial charge in [-0.1, -0.05) is 62.4 Å². The summed E-state index contributed by atoms with van der Waals surface area (Å²) in [6.07, 6.45) is 1.10. The topological polar surface area (TPSA) is 96.0 Å². The smallest absolute Gasteiger partial charge is 0.264 e. The largest absolute Gasteiger partial charge is 0.495 e. The van der Waals surface area contributed by atoms with Crippen LogP contribution in [0.1, 0.15) is 50.3 Å². The number of amides is 2. The highest BCUT2D eigenvalue weighted by Gasteiger charge is 2.35. The van der Waals surface area contributed by atoms with Crippen molar-refractivity contribution in [2.24, 2.45) is 0 Å². The molecule has 0 unspecified atom stereocenters. The third-order valence-corrected chi connectivity index (χ3v) is 8.98. The number of nitrogens with one attached hydrogen (secondary N) is 1. The second kappa shape index (κ2) is 14.2. The minimum atomic E-state index is -4.18. The van der Waals surface area contributed by atoms with Gasteiger partial charge in [0.25, 0.3) is 10.0 Å². The lowest BCUT2D eigenvalue weighted by atomic mass is 10.1. The van der Waals surface area contributed by atoms with E-state index in [4.69, 9.17) is 4.74 Å². The first-order chi connectivity index (χ1) is 19.5. The first-order valence-electron chi connectivity index (χ1n) is 13.9. The van der Waals surface area contributed by atoms with E-state index in [1.165, 1.54) is 24.1 Å². The third kappa shape index (κ3) is 7.67. The molecule has 0 heterocycles. The SMILES string of the molecule is CC[C@@H](C)NC(=O)[C@@H](CC)N(Cc1ccccc1C)C(=O)CN(c1cc(C)ccc1OC)S(=O)(=O)c1ccccc1. The number of ether oxygens (including phenoxy) is 1. The van der Waals surface area contributed by atoms with E-state index in [0.717, 1.165) is 27.4 Å². The van der Waals surface area contributed by atoms with Crippen molar-refractivity contribution in [1.29, 1.82) is 0 Å². The minimum absolute atomic E-state index is 0.0448. The Kier molecular flexibility index (Phi) is 10.9. The molecule has 0 aliphatic rings. The summed E-state index contributed by atoms with van der Waals surface area (Å²) in [6.45, 7) is 9.16. The predicted octanol–water partition coefficient (Wildman–Crippen LogP) is 5.23. The highest BCUT2D eigenvalue weighted by Crippen LogP contribution is 2.34. The van der Waals surface area contributed by atoms with Gasteiger partial charge in [-0.15, -0.1) is 0 Å². The van der Waals surface area contributed by atoms with Crippen LogP contribution in [0, 0.1) is 13.8 Å².